The standard InChI is InChI=1S/C18H26N4O2/c1-12-17(13(2)22(5)20-12)19-18(23)14(3)21(4)11-15-7-9-16(24-6)10-8-15/h7-10,14H,11H2,1-6H3,(H,19,23)/t14-/m1/s1. The minimum atomic E-state index is -0.258. The highest BCUT2D eigenvalue weighted by atomic mass is 16.5. The molecule has 0 spiro atoms. The van der Waals surface area contributed by atoms with Crippen molar-refractivity contribution in [1.29, 1.82) is 0 Å². The number of likely N-dealkylation sites (N-methyl/N-ethyl adjacent to an activating group) is 1. The Bertz CT molecular complexity index is 707. The summed E-state index contributed by atoms with van der Waals surface area (Å²) in [7, 11) is 5.46. The van der Waals surface area contributed by atoms with Crippen molar-refractivity contribution < 1.29 is 9.53 Å². The molecular weight excluding hydrogens is 304 g/mol. The third-order valence-electron chi connectivity index (χ3n) is 4.39. The number of carbonyl (C=O) groups excluding carboxylic acids is 1. The van der Waals surface area contributed by atoms with Gasteiger partial charge < -0.3 is 10.1 Å². The van der Waals surface area contributed by atoms with Gasteiger partial charge in [-0.15, -0.1) is 0 Å². The molecule has 0 aliphatic rings. The molecule has 1 heterocycles. The predicted molar refractivity (Wildman–Crippen MR) is 95.2 cm³/mol. The number of hydrogen-bond acceptors (Lipinski definition) is 4. The van der Waals surface area contributed by atoms with Crippen LogP contribution in [-0.4, -0.2) is 40.8 Å². The summed E-state index contributed by atoms with van der Waals surface area (Å²) in [6, 6.07) is 7.61. The van der Waals surface area contributed by atoms with Crippen LogP contribution in [0.4, 0.5) is 5.69 Å². The number of aromatic nitrogens is 2. The van der Waals surface area contributed by atoms with Crippen molar-refractivity contribution in [1.82, 2.24) is 14.7 Å². The van der Waals surface area contributed by atoms with Gasteiger partial charge in [-0.2, -0.15) is 5.10 Å². The molecule has 2 aromatic rings. The number of amides is 1. The molecule has 1 atom stereocenters. The maximum atomic E-state index is 12.5. The molecule has 0 saturated heterocycles. The third-order valence-corrected chi connectivity index (χ3v) is 4.39. The first-order chi connectivity index (χ1) is 11.3. The fourth-order valence-electron chi connectivity index (χ4n) is 2.54. The number of carbonyl (C=O) groups is 1. The van der Waals surface area contributed by atoms with Crippen LogP contribution in [0.15, 0.2) is 24.3 Å². The quantitative estimate of drug-likeness (QED) is 0.884. The second-order valence-electron chi connectivity index (χ2n) is 6.10. The van der Waals surface area contributed by atoms with E-state index in [9.17, 15) is 4.79 Å². The second-order valence-corrected chi connectivity index (χ2v) is 6.10. The zero-order valence-electron chi connectivity index (χ0n) is 15.3. The number of benzene rings is 1. The van der Waals surface area contributed by atoms with E-state index in [1.165, 1.54) is 0 Å². The van der Waals surface area contributed by atoms with Crippen molar-refractivity contribution in [2.45, 2.75) is 33.4 Å². The van der Waals surface area contributed by atoms with Gasteiger partial charge in [-0.1, -0.05) is 12.1 Å². The van der Waals surface area contributed by atoms with E-state index in [0.29, 0.717) is 6.54 Å². The molecule has 24 heavy (non-hydrogen) atoms. The first kappa shape index (κ1) is 18.0. The van der Waals surface area contributed by atoms with Crippen LogP contribution in [0.5, 0.6) is 5.75 Å². The lowest BCUT2D eigenvalue weighted by Gasteiger charge is -2.24. The topological polar surface area (TPSA) is 59.4 Å². The van der Waals surface area contributed by atoms with Gasteiger partial charge in [-0.05, 0) is 45.5 Å². The fourth-order valence-corrected chi connectivity index (χ4v) is 2.54. The molecule has 0 bridgehead atoms. The normalized spacial score (nSPS) is 12.3. The average molecular weight is 330 g/mol. The van der Waals surface area contributed by atoms with Crippen LogP contribution in [0.25, 0.3) is 0 Å². The molecule has 130 valence electrons. The monoisotopic (exact) mass is 330 g/mol. The van der Waals surface area contributed by atoms with E-state index < -0.39 is 0 Å². The zero-order chi connectivity index (χ0) is 17.9. The van der Waals surface area contributed by atoms with Crippen molar-refractivity contribution in [2.24, 2.45) is 7.05 Å². The summed E-state index contributed by atoms with van der Waals surface area (Å²) < 4.78 is 6.94. The van der Waals surface area contributed by atoms with Gasteiger partial charge in [0.15, 0.2) is 0 Å². The van der Waals surface area contributed by atoms with E-state index in [-0.39, 0.29) is 11.9 Å². The molecule has 0 radical (unpaired) electrons. The van der Waals surface area contributed by atoms with Gasteiger partial charge in [-0.3, -0.25) is 14.4 Å². The molecule has 6 heteroatoms. The summed E-state index contributed by atoms with van der Waals surface area (Å²) >= 11 is 0. The minimum absolute atomic E-state index is 0.0368. The summed E-state index contributed by atoms with van der Waals surface area (Å²) in [5.74, 6) is 0.792. The van der Waals surface area contributed by atoms with E-state index in [1.54, 1.807) is 11.8 Å². The number of ether oxygens (including phenoxy) is 1. The van der Waals surface area contributed by atoms with Gasteiger partial charge in [0.05, 0.1) is 30.2 Å². The zero-order valence-corrected chi connectivity index (χ0v) is 15.3. The van der Waals surface area contributed by atoms with E-state index >= 15 is 0 Å². The summed E-state index contributed by atoms with van der Waals surface area (Å²) in [4.78, 5) is 14.6. The predicted octanol–water partition coefficient (Wildman–Crippen LogP) is 2.50. The lowest BCUT2D eigenvalue weighted by atomic mass is 10.1. The fraction of sp³-hybridized carbons (Fsp3) is 0.444. The van der Waals surface area contributed by atoms with Crippen LogP contribution in [0.3, 0.4) is 0 Å². The molecule has 0 aliphatic heterocycles. The molecule has 1 aromatic heterocycles. The van der Waals surface area contributed by atoms with E-state index in [2.05, 4.69) is 10.4 Å². The van der Waals surface area contributed by atoms with Crippen LogP contribution in [-0.2, 0) is 18.4 Å². The summed E-state index contributed by atoms with van der Waals surface area (Å²) in [6.07, 6.45) is 0. The van der Waals surface area contributed by atoms with E-state index in [4.69, 9.17) is 4.74 Å². The van der Waals surface area contributed by atoms with Crippen LogP contribution in [0.1, 0.15) is 23.9 Å². The van der Waals surface area contributed by atoms with Gasteiger partial charge in [-0.25, -0.2) is 0 Å². The Morgan fingerprint density at radius 2 is 1.96 bits per heavy atom. The number of nitrogens with zero attached hydrogens (tertiary/aromatic N) is 3. The first-order valence-corrected chi connectivity index (χ1v) is 7.97. The highest BCUT2D eigenvalue weighted by Gasteiger charge is 2.21. The van der Waals surface area contributed by atoms with Gasteiger partial charge in [0.2, 0.25) is 5.91 Å². The highest BCUT2D eigenvalue weighted by Crippen LogP contribution is 2.19. The number of nitrogens with one attached hydrogen (secondary N) is 1. The Labute approximate surface area is 143 Å². The van der Waals surface area contributed by atoms with Crippen LogP contribution in [0.2, 0.25) is 0 Å². The lowest BCUT2D eigenvalue weighted by Crippen LogP contribution is -2.39. The summed E-state index contributed by atoms with van der Waals surface area (Å²) in [6.45, 7) is 6.43. The molecule has 2 rings (SSSR count). The lowest BCUT2D eigenvalue weighted by molar-refractivity contribution is -0.120. The van der Waals surface area contributed by atoms with E-state index in [1.807, 2.05) is 64.0 Å². The second kappa shape index (κ2) is 7.49. The Kier molecular flexibility index (Phi) is 5.62. The SMILES string of the molecule is COc1ccc(CN(C)[C@H](C)C(=O)Nc2c(C)nn(C)c2C)cc1. The van der Waals surface area contributed by atoms with Gasteiger partial charge in [0.1, 0.15) is 5.75 Å². The largest absolute Gasteiger partial charge is 0.497 e. The van der Waals surface area contributed by atoms with Crippen molar-refractivity contribution in [2.75, 3.05) is 19.5 Å². The maximum Gasteiger partial charge on any atom is 0.241 e. The number of rotatable bonds is 6. The van der Waals surface area contributed by atoms with Crippen molar-refractivity contribution >= 4 is 11.6 Å². The highest BCUT2D eigenvalue weighted by molar-refractivity contribution is 5.95. The summed E-state index contributed by atoms with van der Waals surface area (Å²) in [5, 5.41) is 7.33. The Morgan fingerprint density at radius 1 is 1.33 bits per heavy atom. The first-order valence-electron chi connectivity index (χ1n) is 7.97. The molecule has 0 saturated carbocycles. The smallest absolute Gasteiger partial charge is 0.241 e. The van der Waals surface area contributed by atoms with Crippen molar-refractivity contribution in [3.8, 4) is 5.75 Å². The Morgan fingerprint density at radius 3 is 2.46 bits per heavy atom. The number of methoxy groups -OCH3 is 1. The van der Waals surface area contributed by atoms with E-state index in [0.717, 1.165) is 28.4 Å². The van der Waals surface area contributed by atoms with Crippen LogP contribution < -0.4 is 10.1 Å². The molecule has 1 aromatic carbocycles. The minimum Gasteiger partial charge on any atom is -0.497 e. The molecule has 0 unspecified atom stereocenters. The van der Waals surface area contributed by atoms with Gasteiger partial charge in [0, 0.05) is 13.6 Å². The number of aryl methyl sites for hydroxylation is 2. The molecular formula is C18H26N4O2. The van der Waals surface area contributed by atoms with Crippen molar-refractivity contribution in [3.05, 3.63) is 41.2 Å². The molecule has 1 N–H and O–H groups in total. The third kappa shape index (κ3) is 3.94. The van der Waals surface area contributed by atoms with Crippen LogP contribution >= 0.6 is 0 Å². The van der Waals surface area contributed by atoms with Gasteiger partial charge >= 0.3 is 0 Å². The van der Waals surface area contributed by atoms with Gasteiger partial charge in [0.25, 0.3) is 0 Å². The Balaban J connectivity index is 2.01. The number of anilines is 1. The van der Waals surface area contributed by atoms with Crippen LogP contribution in [0, 0.1) is 13.8 Å². The van der Waals surface area contributed by atoms with Crippen molar-refractivity contribution in [3.63, 3.8) is 0 Å². The Hall–Kier alpha value is -2.34. The maximum absolute atomic E-state index is 12.5. The molecule has 0 fully saturated rings. The molecule has 6 nitrogen and oxygen atoms in total. The number of hydrogen-bond donors (Lipinski definition) is 1. The molecule has 0 aliphatic carbocycles. The average Bonchev–Trinajstić information content (AvgIpc) is 2.81. The molecule has 1 amide bonds. The summed E-state index contributed by atoms with van der Waals surface area (Å²) in [5.41, 5.74) is 3.71.